The highest BCUT2D eigenvalue weighted by molar-refractivity contribution is 9.10. The normalized spacial score (nSPS) is 26.1. The number of hydrogen-bond donors (Lipinski definition) is 1. The smallest absolute Gasteiger partial charge is 0.0757 e. The van der Waals surface area contributed by atoms with Gasteiger partial charge < -0.3 is 10.1 Å². The number of ether oxygens (including phenoxy) is 1. The average molecular weight is 298 g/mol. The first-order chi connectivity index (χ1) is 8.20. The predicted octanol–water partition coefficient (Wildman–Crippen LogP) is 3.00. The van der Waals surface area contributed by atoms with E-state index in [4.69, 9.17) is 4.74 Å². The van der Waals surface area contributed by atoms with Gasteiger partial charge >= 0.3 is 0 Å². The van der Waals surface area contributed by atoms with E-state index in [1.165, 1.54) is 12.0 Å². The van der Waals surface area contributed by atoms with Gasteiger partial charge in [0.25, 0.3) is 0 Å². The maximum absolute atomic E-state index is 5.85. The summed E-state index contributed by atoms with van der Waals surface area (Å²) in [6.07, 6.45) is 2.55. The fraction of sp³-hybridized carbons (Fsp3) is 0.571. The molecule has 3 atom stereocenters. The summed E-state index contributed by atoms with van der Waals surface area (Å²) in [5.41, 5.74) is 1.35. The van der Waals surface area contributed by atoms with Crippen molar-refractivity contribution in [2.75, 3.05) is 13.7 Å². The van der Waals surface area contributed by atoms with Crippen LogP contribution in [-0.4, -0.2) is 25.8 Å². The maximum Gasteiger partial charge on any atom is 0.0757 e. The van der Waals surface area contributed by atoms with Crippen LogP contribution in [0, 0.1) is 5.92 Å². The molecular weight excluding hydrogens is 278 g/mol. The van der Waals surface area contributed by atoms with Crippen LogP contribution >= 0.6 is 15.9 Å². The second-order valence-electron chi connectivity index (χ2n) is 4.83. The molecule has 1 aliphatic rings. The van der Waals surface area contributed by atoms with Gasteiger partial charge in [-0.3, -0.25) is 0 Å². The fourth-order valence-corrected chi connectivity index (χ4v) is 2.98. The number of halogens is 1. The van der Waals surface area contributed by atoms with E-state index < -0.39 is 0 Å². The number of nitrogens with one attached hydrogen (secondary N) is 1. The zero-order valence-corrected chi connectivity index (χ0v) is 12.0. The van der Waals surface area contributed by atoms with Gasteiger partial charge in [0.15, 0.2) is 0 Å². The Morgan fingerprint density at radius 3 is 2.94 bits per heavy atom. The topological polar surface area (TPSA) is 21.3 Å². The first-order valence-corrected chi connectivity index (χ1v) is 7.03. The summed E-state index contributed by atoms with van der Waals surface area (Å²) < 4.78 is 6.99. The Morgan fingerprint density at radius 2 is 2.35 bits per heavy atom. The van der Waals surface area contributed by atoms with Crippen molar-refractivity contribution in [2.24, 2.45) is 5.92 Å². The lowest BCUT2D eigenvalue weighted by Gasteiger charge is -2.26. The summed E-state index contributed by atoms with van der Waals surface area (Å²) >= 11 is 3.52. The largest absolute Gasteiger partial charge is 0.376 e. The molecule has 0 spiro atoms. The number of hydrogen-bond acceptors (Lipinski definition) is 2. The molecule has 3 heteroatoms. The maximum atomic E-state index is 5.85. The van der Waals surface area contributed by atoms with Crippen LogP contribution in [0.5, 0.6) is 0 Å². The van der Waals surface area contributed by atoms with E-state index in [0.29, 0.717) is 18.1 Å². The lowest BCUT2D eigenvalue weighted by atomic mass is 9.93. The predicted molar refractivity (Wildman–Crippen MR) is 74.2 cm³/mol. The first-order valence-electron chi connectivity index (χ1n) is 6.24. The van der Waals surface area contributed by atoms with Crippen molar-refractivity contribution in [3.63, 3.8) is 0 Å². The summed E-state index contributed by atoms with van der Waals surface area (Å²) in [6, 6.07) is 8.91. The van der Waals surface area contributed by atoms with Crippen molar-refractivity contribution in [1.29, 1.82) is 0 Å². The zero-order valence-electron chi connectivity index (χ0n) is 10.4. The van der Waals surface area contributed by atoms with E-state index in [2.05, 4.69) is 52.4 Å². The van der Waals surface area contributed by atoms with Gasteiger partial charge in [-0.1, -0.05) is 35.0 Å². The van der Waals surface area contributed by atoms with E-state index in [1.54, 1.807) is 0 Å². The Kier molecular flexibility index (Phi) is 4.60. The van der Waals surface area contributed by atoms with Crippen molar-refractivity contribution < 1.29 is 4.74 Å². The van der Waals surface area contributed by atoms with Crippen LogP contribution in [0.1, 0.15) is 18.9 Å². The van der Waals surface area contributed by atoms with Crippen LogP contribution in [0.15, 0.2) is 28.7 Å². The van der Waals surface area contributed by atoms with Crippen molar-refractivity contribution in [3.8, 4) is 0 Å². The van der Waals surface area contributed by atoms with Gasteiger partial charge in [0.1, 0.15) is 0 Å². The van der Waals surface area contributed by atoms with Crippen molar-refractivity contribution in [3.05, 3.63) is 34.3 Å². The van der Waals surface area contributed by atoms with Gasteiger partial charge in [0.05, 0.1) is 6.10 Å². The molecule has 0 amide bonds. The quantitative estimate of drug-likeness (QED) is 0.922. The van der Waals surface area contributed by atoms with Crippen LogP contribution in [0.4, 0.5) is 0 Å². The third-order valence-corrected chi connectivity index (χ3v) is 4.05. The van der Waals surface area contributed by atoms with Crippen LogP contribution in [0.3, 0.4) is 0 Å². The molecule has 0 bridgehead atoms. The lowest BCUT2D eigenvalue weighted by Crippen LogP contribution is -2.41. The summed E-state index contributed by atoms with van der Waals surface area (Å²) in [5.74, 6) is 0.652. The monoisotopic (exact) mass is 297 g/mol. The summed E-state index contributed by atoms with van der Waals surface area (Å²) in [4.78, 5) is 0. The minimum atomic E-state index is 0.346. The minimum Gasteiger partial charge on any atom is -0.376 e. The number of likely N-dealkylation sites (N-methyl/N-ethyl adjacent to an activating group) is 1. The van der Waals surface area contributed by atoms with E-state index in [0.717, 1.165) is 17.5 Å². The molecule has 2 rings (SSSR count). The van der Waals surface area contributed by atoms with Gasteiger partial charge in [-0.05, 0) is 43.5 Å². The fourth-order valence-electron chi connectivity index (χ4n) is 2.53. The third-order valence-electron chi connectivity index (χ3n) is 3.56. The molecule has 0 aromatic heterocycles. The van der Waals surface area contributed by atoms with Crippen LogP contribution in [0.2, 0.25) is 0 Å². The molecule has 1 saturated heterocycles. The molecule has 0 aliphatic carbocycles. The Bertz CT molecular complexity index is 369. The van der Waals surface area contributed by atoms with Crippen molar-refractivity contribution >= 4 is 15.9 Å². The van der Waals surface area contributed by atoms with Gasteiger partial charge in [0, 0.05) is 17.1 Å². The highest BCUT2D eigenvalue weighted by atomic mass is 79.9. The Hall–Kier alpha value is -0.380. The van der Waals surface area contributed by atoms with Gasteiger partial charge in [-0.15, -0.1) is 0 Å². The van der Waals surface area contributed by atoms with Gasteiger partial charge in [-0.2, -0.15) is 0 Å². The molecule has 1 aliphatic heterocycles. The molecule has 1 N–H and O–H groups in total. The Labute approximate surface area is 112 Å². The van der Waals surface area contributed by atoms with Gasteiger partial charge in [0.2, 0.25) is 0 Å². The number of benzene rings is 1. The van der Waals surface area contributed by atoms with Crippen molar-refractivity contribution in [1.82, 2.24) is 5.32 Å². The van der Waals surface area contributed by atoms with Crippen LogP contribution < -0.4 is 5.32 Å². The molecule has 1 heterocycles. The number of rotatable bonds is 4. The molecule has 0 radical (unpaired) electrons. The SMILES string of the molecule is CNC(Cc1cccc(Br)c1)C1OCCC1C. The zero-order chi connectivity index (χ0) is 12.3. The molecule has 3 unspecified atom stereocenters. The second-order valence-corrected chi connectivity index (χ2v) is 5.75. The summed E-state index contributed by atoms with van der Waals surface area (Å²) in [7, 11) is 2.02. The van der Waals surface area contributed by atoms with E-state index in [9.17, 15) is 0 Å². The van der Waals surface area contributed by atoms with E-state index in [1.807, 2.05) is 7.05 Å². The summed E-state index contributed by atoms with van der Waals surface area (Å²) in [6.45, 7) is 3.19. The molecule has 2 nitrogen and oxygen atoms in total. The van der Waals surface area contributed by atoms with Crippen molar-refractivity contribution in [2.45, 2.75) is 31.9 Å². The molecule has 1 aromatic carbocycles. The Balaban J connectivity index is 2.04. The van der Waals surface area contributed by atoms with E-state index >= 15 is 0 Å². The first kappa shape index (κ1) is 13.1. The minimum absolute atomic E-state index is 0.346. The Morgan fingerprint density at radius 1 is 1.53 bits per heavy atom. The van der Waals surface area contributed by atoms with Crippen LogP contribution in [0.25, 0.3) is 0 Å². The molecule has 17 heavy (non-hydrogen) atoms. The highest BCUT2D eigenvalue weighted by Gasteiger charge is 2.31. The second kappa shape index (κ2) is 5.98. The highest BCUT2D eigenvalue weighted by Crippen LogP contribution is 2.25. The standard InChI is InChI=1S/C14H20BrNO/c1-10-6-7-17-14(10)13(16-2)9-11-4-3-5-12(15)8-11/h3-5,8,10,13-14,16H,6-7,9H2,1-2H3. The van der Waals surface area contributed by atoms with Crippen LogP contribution in [-0.2, 0) is 11.2 Å². The molecule has 94 valence electrons. The summed E-state index contributed by atoms with van der Waals surface area (Å²) in [5, 5.41) is 3.40. The molecule has 1 fully saturated rings. The van der Waals surface area contributed by atoms with Gasteiger partial charge in [-0.25, -0.2) is 0 Å². The average Bonchev–Trinajstić information content (AvgIpc) is 2.72. The van der Waals surface area contributed by atoms with E-state index in [-0.39, 0.29) is 0 Å². The lowest BCUT2D eigenvalue weighted by molar-refractivity contribution is 0.0634. The molecule has 0 saturated carbocycles. The molecular formula is C14H20BrNO. The third kappa shape index (κ3) is 3.30. The molecule has 1 aromatic rings.